The molecular formula is C21H25Cl3N2O2. The molecule has 0 radical (unpaired) electrons. The number of amides is 1. The fraction of sp³-hybridized carbons (Fsp3) is 0.381. The minimum absolute atomic E-state index is 0. The molecule has 0 bridgehead atoms. The Morgan fingerprint density at radius 2 is 1.82 bits per heavy atom. The first kappa shape index (κ1) is 22.8. The Kier molecular flexibility index (Phi) is 9.39. The van der Waals surface area contributed by atoms with Crippen LogP contribution >= 0.6 is 35.6 Å². The van der Waals surface area contributed by atoms with Crippen molar-refractivity contribution in [2.75, 3.05) is 19.6 Å². The lowest BCUT2D eigenvalue weighted by molar-refractivity contribution is -0.127. The fourth-order valence-electron chi connectivity index (χ4n) is 3.13. The van der Waals surface area contributed by atoms with Crippen LogP contribution < -0.4 is 10.1 Å². The maximum atomic E-state index is 11.6. The molecule has 7 heteroatoms. The minimum Gasteiger partial charge on any atom is -0.489 e. The van der Waals surface area contributed by atoms with Gasteiger partial charge in [0.15, 0.2) is 0 Å². The number of likely N-dealkylation sites (tertiary alicyclic amines) is 1. The van der Waals surface area contributed by atoms with Crippen molar-refractivity contribution in [3.8, 4) is 5.75 Å². The van der Waals surface area contributed by atoms with E-state index < -0.39 is 0 Å². The van der Waals surface area contributed by atoms with Gasteiger partial charge in [-0.2, -0.15) is 0 Å². The van der Waals surface area contributed by atoms with E-state index in [9.17, 15) is 4.79 Å². The van der Waals surface area contributed by atoms with E-state index in [1.165, 1.54) is 0 Å². The van der Waals surface area contributed by atoms with Crippen LogP contribution in [0.1, 0.15) is 30.4 Å². The largest absolute Gasteiger partial charge is 0.489 e. The van der Waals surface area contributed by atoms with Gasteiger partial charge >= 0.3 is 0 Å². The fourth-order valence-corrected chi connectivity index (χ4v) is 3.45. The topological polar surface area (TPSA) is 41.6 Å². The van der Waals surface area contributed by atoms with Crippen LogP contribution in [-0.2, 0) is 17.9 Å². The molecule has 4 nitrogen and oxygen atoms in total. The molecule has 152 valence electrons. The van der Waals surface area contributed by atoms with E-state index in [4.69, 9.17) is 27.9 Å². The Labute approximate surface area is 182 Å². The zero-order valence-corrected chi connectivity index (χ0v) is 18.0. The van der Waals surface area contributed by atoms with Gasteiger partial charge in [0.2, 0.25) is 5.91 Å². The van der Waals surface area contributed by atoms with Crippen LogP contribution in [-0.4, -0.2) is 30.4 Å². The molecule has 0 atom stereocenters. The molecule has 1 aliphatic heterocycles. The van der Waals surface area contributed by atoms with Gasteiger partial charge in [-0.05, 0) is 55.3 Å². The number of nitrogens with zero attached hydrogens (tertiary/aromatic N) is 1. The monoisotopic (exact) mass is 442 g/mol. The molecule has 1 aliphatic rings. The lowest BCUT2D eigenvalue weighted by Gasteiger charge is -2.16. The number of hydrogen-bond donors (Lipinski definition) is 1. The molecule has 28 heavy (non-hydrogen) atoms. The third-order valence-electron chi connectivity index (χ3n) is 4.60. The predicted molar refractivity (Wildman–Crippen MR) is 117 cm³/mol. The Bertz CT molecular complexity index is 769. The molecule has 3 rings (SSSR count). The van der Waals surface area contributed by atoms with Crippen LogP contribution in [0.2, 0.25) is 10.0 Å². The van der Waals surface area contributed by atoms with E-state index in [0.717, 1.165) is 49.4 Å². The third kappa shape index (κ3) is 6.85. The van der Waals surface area contributed by atoms with Gasteiger partial charge < -0.3 is 15.0 Å². The van der Waals surface area contributed by atoms with Gasteiger partial charge in [-0.1, -0.05) is 35.3 Å². The van der Waals surface area contributed by atoms with Crippen molar-refractivity contribution in [2.24, 2.45) is 0 Å². The second-order valence-electron chi connectivity index (χ2n) is 6.68. The predicted octanol–water partition coefficient (Wildman–Crippen LogP) is 5.10. The van der Waals surface area contributed by atoms with Gasteiger partial charge in [0.1, 0.15) is 12.4 Å². The molecule has 1 heterocycles. The summed E-state index contributed by atoms with van der Waals surface area (Å²) in [7, 11) is 0. The van der Waals surface area contributed by atoms with E-state index in [2.05, 4.69) is 5.32 Å². The van der Waals surface area contributed by atoms with Crippen molar-refractivity contribution in [3.63, 3.8) is 0 Å². The van der Waals surface area contributed by atoms with Crippen LogP contribution in [0.3, 0.4) is 0 Å². The quantitative estimate of drug-likeness (QED) is 0.548. The number of halogens is 3. The zero-order chi connectivity index (χ0) is 19.1. The van der Waals surface area contributed by atoms with E-state index in [1.807, 2.05) is 47.4 Å². The Morgan fingerprint density at radius 3 is 2.54 bits per heavy atom. The summed E-state index contributed by atoms with van der Waals surface area (Å²) >= 11 is 12.1. The lowest BCUT2D eigenvalue weighted by atomic mass is 10.2. The summed E-state index contributed by atoms with van der Waals surface area (Å²) in [4.78, 5) is 13.6. The first-order valence-corrected chi connectivity index (χ1v) is 10.0. The summed E-state index contributed by atoms with van der Waals surface area (Å²) < 4.78 is 5.98. The Balaban J connectivity index is 0.00000280. The van der Waals surface area contributed by atoms with E-state index >= 15 is 0 Å². The highest BCUT2D eigenvalue weighted by Gasteiger charge is 2.18. The van der Waals surface area contributed by atoms with E-state index in [1.54, 1.807) is 0 Å². The molecule has 0 aromatic heterocycles. The maximum absolute atomic E-state index is 11.6. The number of nitrogens with one attached hydrogen (secondary N) is 1. The molecule has 1 amide bonds. The number of ether oxygens (including phenoxy) is 1. The van der Waals surface area contributed by atoms with Crippen molar-refractivity contribution < 1.29 is 9.53 Å². The lowest BCUT2D eigenvalue weighted by Crippen LogP contribution is -2.28. The van der Waals surface area contributed by atoms with Crippen LogP contribution in [0.15, 0.2) is 42.5 Å². The highest BCUT2D eigenvalue weighted by atomic mass is 35.5. The maximum Gasteiger partial charge on any atom is 0.222 e. The zero-order valence-electron chi connectivity index (χ0n) is 15.6. The molecular weight excluding hydrogens is 419 g/mol. The van der Waals surface area contributed by atoms with Gasteiger partial charge in [0.05, 0.1) is 0 Å². The molecule has 1 fully saturated rings. The Hall–Kier alpha value is -1.46. The summed E-state index contributed by atoms with van der Waals surface area (Å²) in [5, 5.41) is 4.82. The molecule has 0 unspecified atom stereocenters. The highest BCUT2D eigenvalue weighted by molar-refractivity contribution is 6.30. The van der Waals surface area contributed by atoms with Gasteiger partial charge in [-0.25, -0.2) is 0 Å². The van der Waals surface area contributed by atoms with Gasteiger partial charge in [0, 0.05) is 41.7 Å². The van der Waals surface area contributed by atoms with Gasteiger partial charge in [-0.15, -0.1) is 12.4 Å². The number of hydrogen-bond acceptors (Lipinski definition) is 3. The molecule has 0 spiro atoms. The van der Waals surface area contributed by atoms with E-state index in [-0.39, 0.29) is 18.3 Å². The van der Waals surface area contributed by atoms with Crippen LogP contribution in [0.25, 0.3) is 0 Å². The van der Waals surface area contributed by atoms with Crippen LogP contribution in [0, 0.1) is 0 Å². The van der Waals surface area contributed by atoms with E-state index in [0.29, 0.717) is 29.6 Å². The van der Waals surface area contributed by atoms with Crippen LogP contribution in [0.4, 0.5) is 0 Å². The number of carbonyl (C=O) groups excluding carboxylic acids is 1. The van der Waals surface area contributed by atoms with Gasteiger partial charge in [0.25, 0.3) is 0 Å². The van der Waals surface area contributed by atoms with Crippen molar-refractivity contribution in [1.29, 1.82) is 0 Å². The molecule has 2 aromatic rings. The van der Waals surface area contributed by atoms with Gasteiger partial charge in [-0.3, -0.25) is 4.79 Å². The molecule has 1 N–H and O–H groups in total. The van der Waals surface area contributed by atoms with Crippen molar-refractivity contribution >= 4 is 41.5 Å². The highest BCUT2D eigenvalue weighted by Crippen LogP contribution is 2.24. The van der Waals surface area contributed by atoms with Crippen LogP contribution in [0.5, 0.6) is 5.75 Å². The summed E-state index contributed by atoms with van der Waals surface area (Å²) in [6.45, 7) is 3.71. The Morgan fingerprint density at radius 1 is 1.07 bits per heavy atom. The molecule has 1 saturated heterocycles. The standard InChI is InChI=1S/C21H24Cl2N2O2.ClH/c22-18-6-4-16(5-7-18)15-27-20-9-8-19(23)13-17(20)14-24-10-2-12-25-11-1-3-21(25)26;/h4-9,13,24H,1-3,10-12,14-15H2;1H. The second kappa shape index (κ2) is 11.5. The number of carbonyl (C=O) groups is 1. The SMILES string of the molecule is Cl.O=C1CCCN1CCCNCc1cc(Cl)ccc1OCc1ccc(Cl)cc1. The number of rotatable bonds is 9. The minimum atomic E-state index is 0. The van der Waals surface area contributed by atoms with Crippen molar-refractivity contribution in [3.05, 3.63) is 63.6 Å². The summed E-state index contributed by atoms with van der Waals surface area (Å²) in [5.74, 6) is 1.10. The summed E-state index contributed by atoms with van der Waals surface area (Å²) in [5.41, 5.74) is 2.08. The van der Waals surface area contributed by atoms with Crippen molar-refractivity contribution in [2.45, 2.75) is 32.4 Å². The normalized spacial score (nSPS) is 13.5. The molecule has 0 saturated carbocycles. The summed E-state index contributed by atoms with van der Waals surface area (Å²) in [6, 6.07) is 13.3. The van der Waals surface area contributed by atoms with Crippen molar-refractivity contribution in [1.82, 2.24) is 10.2 Å². The first-order valence-electron chi connectivity index (χ1n) is 9.26. The first-order chi connectivity index (χ1) is 13.1. The molecule has 2 aromatic carbocycles. The average Bonchev–Trinajstić information content (AvgIpc) is 3.07. The molecule has 0 aliphatic carbocycles. The second-order valence-corrected chi connectivity index (χ2v) is 7.55. The summed E-state index contributed by atoms with van der Waals surface area (Å²) in [6.07, 6.45) is 2.63. The average molecular weight is 444 g/mol. The third-order valence-corrected chi connectivity index (χ3v) is 5.09. The smallest absolute Gasteiger partial charge is 0.222 e. The number of benzene rings is 2.